The Morgan fingerprint density at radius 3 is 2.78 bits per heavy atom. The molecule has 1 amide bonds. The summed E-state index contributed by atoms with van der Waals surface area (Å²) in [4.78, 5) is 15.8. The molecule has 2 aromatic rings. The van der Waals surface area contributed by atoms with Crippen LogP contribution in [0.5, 0.6) is 0 Å². The highest BCUT2D eigenvalue weighted by molar-refractivity contribution is 6.05. The van der Waals surface area contributed by atoms with Crippen LogP contribution in [-0.2, 0) is 0 Å². The average molecular weight is 245 g/mol. The van der Waals surface area contributed by atoms with Crippen molar-refractivity contribution < 1.29 is 9.18 Å². The fraction of sp³-hybridized carbons (Fsp3) is 0.0769. The second-order valence-electron chi connectivity index (χ2n) is 3.94. The molecule has 1 heterocycles. The van der Waals surface area contributed by atoms with Gasteiger partial charge in [-0.1, -0.05) is 0 Å². The Hall–Kier alpha value is -2.43. The van der Waals surface area contributed by atoms with E-state index in [-0.39, 0.29) is 11.6 Å². The van der Waals surface area contributed by atoms with Gasteiger partial charge in [-0.25, -0.2) is 4.39 Å². The number of benzene rings is 1. The number of nitrogens with two attached hydrogens (primary N) is 1. The molecule has 0 aliphatic rings. The van der Waals surface area contributed by atoms with Gasteiger partial charge < -0.3 is 11.1 Å². The van der Waals surface area contributed by atoms with Gasteiger partial charge in [-0.15, -0.1) is 0 Å². The van der Waals surface area contributed by atoms with Crippen molar-refractivity contribution in [3.8, 4) is 0 Å². The van der Waals surface area contributed by atoms with Crippen LogP contribution in [-0.4, -0.2) is 10.9 Å². The van der Waals surface area contributed by atoms with Gasteiger partial charge in [0.05, 0.1) is 16.9 Å². The lowest BCUT2D eigenvalue weighted by Crippen LogP contribution is -2.13. The van der Waals surface area contributed by atoms with Gasteiger partial charge in [-0.05, 0) is 36.8 Å². The van der Waals surface area contributed by atoms with Gasteiger partial charge in [0.25, 0.3) is 5.91 Å². The molecular formula is C13H12FN3O. The van der Waals surface area contributed by atoms with E-state index in [1.54, 1.807) is 12.3 Å². The fourth-order valence-corrected chi connectivity index (χ4v) is 1.52. The number of carbonyl (C=O) groups excluding carboxylic acids is 1. The van der Waals surface area contributed by atoms with Gasteiger partial charge in [-0.2, -0.15) is 0 Å². The average Bonchev–Trinajstić information content (AvgIpc) is 2.32. The van der Waals surface area contributed by atoms with Crippen molar-refractivity contribution in [1.29, 1.82) is 0 Å². The number of aromatic nitrogens is 1. The summed E-state index contributed by atoms with van der Waals surface area (Å²) in [7, 11) is 0. The minimum absolute atomic E-state index is 0.184. The largest absolute Gasteiger partial charge is 0.397 e. The second kappa shape index (κ2) is 4.83. The minimum atomic E-state index is -0.442. The van der Waals surface area contributed by atoms with Gasteiger partial charge in [0, 0.05) is 12.4 Å². The quantitative estimate of drug-likeness (QED) is 0.798. The Morgan fingerprint density at radius 2 is 2.11 bits per heavy atom. The molecule has 0 atom stereocenters. The third-order valence-electron chi connectivity index (χ3n) is 2.40. The van der Waals surface area contributed by atoms with Crippen LogP contribution in [0.4, 0.5) is 15.8 Å². The van der Waals surface area contributed by atoms with Crippen molar-refractivity contribution in [2.75, 3.05) is 11.1 Å². The summed E-state index contributed by atoms with van der Waals surface area (Å²) in [6.45, 7) is 1.84. The number of nitrogen functional groups attached to an aromatic ring is 1. The fourth-order valence-electron chi connectivity index (χ4n) is 1.52. The molecule has 0 saturated heterocycles. The normalized spacial score (nSPS) is 10.1. The molecule has 2 rings (SSSR count). The molecule has 0 aliphatic carbocycles. The first-order valence-corrected chi connectivity index (χ1v) is 5.34. The van der Waals surface area contributed by atoms with Crippen molar-refractivity contribution in [1.82, 2.24) is 4.98 Å². The summed E-state index contributed by atoms with van der Waals surface area (Å²) >= 11 is 0. The molecule has 1 aromatic heterocycles. The van der Waals surface area contributed by atoms with Crippen LogP contribution >= 0.6 is 0 Å². The monoisotopic (exact) mass is 245 g/mol. The number of rotatable bonds is 2. The highest BCUT2D eigenvalue weighted by Crippen LogP contribution is 2.19. The second-order valence-corrected chi connectivity index (χ2v) is 3.94. The highest BCUT2D eigenvalue weighted by Gasteiger charge is 2.09. The Morgan fingerprint density at radius 1 is 1.33 bits per heavy atom. The molecule has 0 aliphatic heterocycles. The minimum Gasteiger partial charge on any atom is -0.397 e. The van der Waals surface area contributed by atoms with E-state index in [2.05, 4.69) is 10.3 Å². The standard InChI is InChI=1S/C13H12FN3O/c1-8-4-9(7-16-6-8)13(18)17-12-3-2-10(14)5-11(12)15/h2-7H,15H2,1H3,(H,17,18). The predicted octanol–water partition coefficient (Wildman–Crippen LogP) is 2.36. The molecule has 1 aromatic carbocycles. The number of anilines is 2. The third-order valence-corrected chi connectivity index (χ3v) is 2.40. The Balaban J connectivity index is 2.21. The molecule has 0 saturated carbocycles. The smallest absolute Gasteiger partial charge is 0.257 e. The molecule has 0 bridgehead atoms. The van der Waals surface area contributed by atoms with E-state index >= 15 is 0 Å². The zero-order chi connectivity index (χ0) is 13.1. The van der Waals surface area contributed by atoms with Gasteiger partial charge in [0.15, 0.2) is 0 Å². The summed E-state index contributed by atoms with van der Waals surface area (Å²) < 4.78 is 12.9. The number of amides is 1. The molecule has 0 spiro atoms. The van der Waals surface area contributed by atoms with E-state index in [9.17, 15) is 9.18 Å². The van der Waals surface area contributed by atoms with E-state index < -0.39 is 5.82 Å². The van der Waals surface area contributed by atoms with E-state index in [4.69, 9.17) is 5.73 Å². The maximum atomic E-state index is 12.9. The number of hydrogen-bond donors (Lipinski definition) is 2. The Kier molecular flexibility index (Phi) is 3.23. The van der Waals surface area contributed by atoms with Crippen LogP contribution in [0.3, 0.4) is 0 Å². The van der Waals surface area contributed by atoms with E-state index in [1.807, 2.05) is 6.92 Å². The number of aryl methyl sites for hydroxylation is 1. The summed E-state index contributed by atoms with van der Waals surface area (Å²) in [5.41, 5.74) is 7.48. The molecule has 0 fully saturated rings. The molecule has 0 unspecified atom stereocenters. The first kappa shape index (κ1) is 12.0. The third kappa shape index (κ3) is 2.63. The molecule has 4 nitrogen and oxygen atoms in total. The topological polar surface area (TPSA) is 68.0 Å². The van der Waals surface area contributed by atoms with Crippen molar-refractivity contribution >= 4 is 17.3 Å². The lowest BCUT2D eigenvalue weighted by Gasteiger charge is -2.08. The summed E-state index contributed by atoms with van der Waals surface area (Å²) in [5.74, 6) is -0.771. The maximum Gasteiger partial charge on any atom is 0.257 e. The summed E-state index contributed by atoms with van der Waals surface area (Å²) in [6.07, 6.45) is 3.12. The zero-order valence-electron chi connectivity index (χ0n) is 9.77. The molecular weight excluding hydrogens is 233 g/mol. The van der Waals surface area contributed by atoms with Crippen molar-refractivity contribution in [3.63, 3.8) is 0 Å². The summed E-state index contributed by atoms with van der Waals surface area (Å²) in [6, 6.07) is 5.53. The summed E-state index contributed by atoms with van der Waals surface area (Å²) in [5, 5.41) is 2.61. The number of halogens is 1. The molecule has 18 heavy (non-hydrogen) atoms. The van der Waals surface area contributed by atoms with E-state index in [0.29, 0.717) is 11.3 Å². The SMILES string of the molecule is Cc1cncc(C(=O)Nc2ccc(F)cc2N)c1. The van der Waals surface area contributed by atoms with Gasteiger partial charge in [0.2, 0.25) is 0 Å². The van der Waals surface area contributed by atoms with Crippen LogP contribution in [0.15, 0.2) is 36.7 Å². The predicted molar refractivity (Wildman–Crippen MR) is 67.7 cm³/mol. The molecule has 92 valence electrons. The highest BCUT2D eigenvalue weighted by atomic mass is 19.1. The molecule has 3 N–H and O–H groups in total. The van der Waals surface area contributed by atoms with Crippen LogP contribution < -0.4 is 11.1 Å². The van der Waals surface area contributed by atoms with Crippen molar-refractivity contribution in [3.05, 3.63) is 53.6 Å². The number of nitrogens with zero attached hydrogens (tertiary/aromatic N) is 1. The first-order chi connectivity index (χ1) is 8.56. The van der Waals surface area contributed by atoms with E-state index in [1.165, 1.54) is 18.3 Å². The number of nitrogens with one attached hydrogen (secondary N) is 1. The van der Waals surface area contributed by atoms with Crippen molar-refractivity contribution in [2.45, 2.75) is 6.92 Å². The van der Waals surface area contributed by atoms with Gasteiger partial charge in [-0.3, -0.25) is 9.78 Å². The van der Waals surface area contributed by atoms with Crippen LogP contribution in [0, 0.1) is 12.7 Å². The Bertz CT molecular complexity index is 599. The van der Waals surface area contributed by atoms with E-state index in [0.717, 1.165) is 11.6 Å². The number of pyridine rings is 1. The first-order valence-electron chi connectivity index (χ1n) is 5.34. The zero-order valence-corrected chi connectivity index (χ0v) is 9.77. The van der Waals surface area contributed by atoms with Crippen LogP contribution in [0.1, 0.15) is 15.9 Å². The number of carbonyl (C=O) groups is 1. The van der Waals surface area contributed by atoms with Gasteiger partial charge >= 0.3 is 0 Å². The lowest BCUT2D eigenvalue weighted by atomic mass is 10.2. The Labute approximate surface area is 104 Å². The molecule has 5 heteroatoms. The maximum absolute atomic E-state index is 12.9. The van der Waals surface area contributed by atoms with Crippen LogP contribution in [0.25, 0.3) is 0 Å². The lowest BCUT2D eigenvalue weighted by molar-refractivity contribution is 0.102. The van der Waals surface area contributed by atoms with Crippen LogP contribution in [0.2, 0.25) is 0 Å². The van der Waals surface area contributed by atoms with Crippen molar-refractivity contribution in [2.24, 2.45) is 0 Å². The number of hydrogen-bond acceptors (Lipinski definition) is 3. The molecule has 0 radical (unpaired) electrons. The van der Waals surface area contributed by atoms with Gasteiger partial charge in [0.1, 0.15) is 5.82 Å².